The van der Waals surface area contributed by atoms with Crippen LogP contribution in [-0.4, -0.2) is 85.3 Å². The van der Waals surface area contributed by atoms with Crippen LogP contribution in [0, 0.1) is 0 Å². The van der Waals surface area contributed by atoms with Crippen molar-refractivity contribution < 1.29 is 28.8 Å². The summed E-state index contributed by atoms with van der Waals surface area (Å²) in [5.41, 5.74) is 12.3. The van der Waals surface area contributed by atoms with Gasteiger partial charge in [-0.2, -0.15) is 0 Å². The molecule has 3 atom stereocenters. The molecule has 1 aliphatic rings. The van der Waals surface area contributed by atoms with Gasteiger partial charge in [0, 0.05) is 44.6 Å². The lowest BCUT2D eigenvalue weighted by Crippen LogP contribution is -2.66. The Labute approximate surface area is 369 Å². The molecule has 15 heteroatoms. The maximum atomic E-state index is 14.6. The molecule has 1 saturated heterocycles. The van der Waals surface area contributed by atoms with Crippen LogP contribution in [0.4, 0.5) is 5.69 Å². The number of primary amides is 1. The summed E-state index contributed by atoms with van der Waals surface area (Å²) in [6, 6.07) is 28.9. The zero-order valence-corrected chi connectivity index (χ0v) is 36.0. The van der Waals surface area contributed by atoms with E-state index in [2.05, 4.69) is 43.4 Å². The monoisotopic (exact) mass is 859 g/mol. The fourth-order valence-electron chi connectivity index (χ4n) is 7.69. The van der Waals surface area contributed by atoms with Crippen LogP contribution >= 0.6 is 0 Å². The molecule has 15 nitrogen and oxygen atoms in total. The number of fused-ring (bicyclic) bond motifs is 1. The summed E-state index contributed by atoms with van der Waals surface area (Å²) in [7, 11) is 0. The summed E-state index contributed by atoms with van der Waals surface area (Å²) in [6.45, 7) is 6.51. The van der Waals surface area contributed by atoms with Crippen LogP contribution in [-0.2, 0) is 41.6 Å². The van der Waals surface area contributed by atoms with E-state index in [9.17, 15) is 28.8 Å². The Kier molecular flexibility index (Phi) is 17.5. The fraction of sp³-hybridized carbons (Fsp3) is 0.375. The van der Waals surface area contributed by atoms with Crippen molar-refractivity contribution in [1.82, 2.24) is 31.9 Å². The average molecular weight is 860 g/mol. The molecule has 1 aliphatic heterocycles. The van der Waals surface area contributed by atoms with Gasteiger partial charge in [0.05, 0.1) is 12.4 Å². The number of amides is 6. The molecule has 0 radical (unpaired) electrons. The number of carbonyl (C=O) groups is 6. The normalized spacial score (nSPS) is 14.6. The first kappa shape index (κ1) is 47.2. The molecule has 5 rings (SSSR count). The smallest absolute Gasteiger partial charge is 0.246 e. The molecule has 0 unspecified atom stereocenters. The van der Waals surface area contributed by atoms with E-state index in [1.807, 2.05) is 110 Å². The van der Waals surface area contributed by atoms with E-state index in [0.717, 1.165) is 34.0 Å². The van der Waals surface area contributed by atoms with Gasteiger partial charge in [0.15, 0.2) is 0 Å². The zero-order valence-electron chi connectivity index (χ0n) is 36.0. The summed E-state index contributed by atoms with van der Waals surface area (Å²) in [6.07, 6.45) is 2.94. The largest absolute Gasteiger partial charge is 0.386 e. The number of hydrogen-bond acceptors (Lipinski definition) is 9. The third kappa shape index (κ3) is 14.3. The minimum Gasteiger partial charge on any atom is -0.386 e. The number of unbranched alkanes of at least 4 members (excludes halogenated alkanes) is 1. The van der Waals surface area contributed by atoms with Crippen LogP contribution in [0.1, 0.15) is 63.0 Å². The van der Waals surface area contributed by atoms with Gasteiger partial charge in [-0.05, 0) is 66.1 Å². The first-order valence-corrected chi connectivity index (χ1v) is 21.6. The first-order valence-electron chi connectivity index (χ1n) is 21.6. The zero-order chi connectivity index (χ0) is 45.2. The van der Waals surface area contributed by atoms with Crippen molar-refractivity contribution in [2.75, 3.05) is 31.1 Å². The SMILES string of the molecule is C=C(N)NCCC[C@H](NC(=O)[C@@H](Cc1ccccc1)NC(=O)C1(NC(=O)CCCC)CCN(c2ccccc2)CC1)C(=O)N[C@@H](Cc1ccc2ccccc2c1)C(=O)NCC(N)=O. The Morgan fingerprint density at radius 2 is 1.29 bits per heavy atom. The molecule has 4 aromatic rings. The van der Waals surface area contributed by atoms with Crippen LogP contribution in [0.5, 0.6) is 0 Å². The van der Waals surface area contributed by atoms with Crippen molar-refractivity contribution in [1.29, 1.82) is 0 Å². The van der Waals surface area contributed by atoms with Gasteiger partial charge in [-0.3, -0.25) is 28.8 Å². The van der Waals surface area contributed by atoms with E-state index < -0.39 is 59.7 Å². The van der Waals surface area contributed by atoms with Gasteiger partial charge in [-0.1, -0.05) is 111 Å². The molecule has 63 heavy (non-hydrogen) atoms. The van der Waals surface area contributed by atoms with E-state index in [1.54, 1.807) is 0 Å². The van der Waals surface area contributed by atoms with Gasteiger partial charge in [0.1, 0.15) is 23.7 Å². The highest BCUT2D eigenvalue weighted by atomic mass is 16.2. The standard InChI is InChI=1S/C48H61N9O6/c1-3-4-21-43(59)56-48(24-27-57(28-25-48)38-18-9-6-10-19-38)47(63)55-41(30-34-14-7-5-8-15-34)46(62)53-39(20-13-26-51-33(2)49)45(61)54-40(44(60)52-32-42(50)58)31-35-22-23-36-16-11-12-17-37(36)29-35/h5-12,14-19,22-23,29,39-41,51H,2-4,13,20-21,24-28,30-32,49H2,1H3,(H2,50,58)(H,52,60)(H,53,62)(H,54,61)(H,55,63)(H,56,59)/t39-,40-,41+/m0/s1. The number of nitrogens with two attached hydrogens (primary N) is 2. The van der Waals surface area contributed by atoms with Gasteiger partial charge in [-0.25, -0.2) is 0 Å². The highest BCUT2D eigenvalue weighted by Gasteiger charge is 2.44. The number of carbonyl (C=O) groups excluding carboxylic acids is 6. The number of benzene rings is 4. The quantitative estimate of drug-likeness (QED) is 0.0513. The van der Waals surface area contributed by atoms with Gasteiger partial charge < -0.3 is 48.3 Å². The molecule has 0 saturated carbocycles. The lowest BCUT2D eigenvalue weighted by Gasteiger charge is -2.42. The molecule has 6 amide bonds. The Hall–Kier alpha value is -6.90. The Morgan fingerprint density at radius 3 is 1.95 bits per heavy atom. The molecule has 1 heterocycles. The van der Waals surface area contributed by atoms with Crippen LogP contribution < -0.4 is 48.3 Å². The highest BCUT2D eigenvalue weighted by molar-refractivity contribution is 5.97. The average Bonchev–Trinajstić information content (AvgIpc) is 3.28. The van der Waals surface area contributed by atoms with Crippen molar-refractivity contribution in [2.24, 2.45) is 11.5 Å². The predicted octanol–water partition coefficient (Wildman–Crippen LogP) is 2.83. The van der Waals surface area contributed by atoms with Crippen LogP contribution in [0.2, 0.25) is 0 Å². The third-order valence-corrected chi connectivity index (χ3v) is 11.2. The van der Waals surface area contributed by atoms with Crippen molar-refractivity contribution in [2.45, 2.75) is 88.4 Å². The maximum absolute atomic E-state index is 14.6. The second-order valence-electron chi connectivity index (χ2n) is 16.1. The van der Waals surface area contributed by atoms with Crippen LogP contribution in [0.25, 0.3) is 10.8 Å². The first-order chi connectivity index (χ1) is 30.4. The summed E-state index contributed by atoms with van der Waals surface area (Å²) < 4.78 is 0. The lowest BCUT2D eigenvalue weighted by atomic mass is 9.85. The van der Waals surface area contributed by atoms with Crippen molar-refractivity contribution in [3.05, 3.63) is 127 Å². The molecule has 0 bridgehead atoms. The minimum absolute atomic E-state index is 0.0663. The molecule has 0 aliphatic carbocycles. The van der Waals surface area contributed by atoms with Crippen molar-refractivity contribution >= 4 is 51.9 Å². The molecule has 10 N–H and O–H groups in total. The molecule has 334 valence electrons. The van der Waals surface area contributed by atoms with E-state index in [1.165, 1.54) is 0 Å². The minimum atomic E-state index is -1.30. The molecular weight excluding hydrogens is 799 g/mol. The Bertz CT molecular complexity index is 2190. The van der Waals surface area contributed by atoms with Gasteiger partial charge in [-0.15, -0.1) is 0 Å². The van der Waals surface area contributed by atoms with Crippen molar-refractivity contribution in [3.63, 3.8) is 0 Å². The van der Waals surface area contributed by atoms with E-state index in [0.29, 0.717) is 45.3 Å². The second kappa shape index (κ2) is 23.4. The number of anilines is 1. The number of hydrogen-bond donors (Lipinski definition) is 8. The topological polar surface area (TPSA) is 230 Å². The summed E-state index contributed by atoms with van der Waals surface area (Å²) in [5.74, 6) is -3.20. The number of nitrogens with zero attached hydrogens (tertiary/aromatic N) is 1. The van der Waals surface area contributed by atoms with Gasteiger partial charge in [0.25, 0.3) is 0 Å². The molecular formula is C48H61N9O6. The Balaban J connectivity index is 1.41. The number of nitrogens with one attached hydrogen (secondary N) is 6. The number of rotatable bonds is 23. The van der Waals surface area contributed by atoms with Gasteiger partial charge >= 0.3 is 0 Å². The van der Waals surface area contributed by atoms with Gasteiger partial charge in [0.2, 0.25) is 35.4 Å². The van der Waals surface area contributed by atoms with E-state index in [4.69, 9.17) is 11.5 Å². The molecule has 1 fully saturated rings. The summed E-state index contributed by atoms with van der Waals surface area (Å²) in [5, 5.41) is 19.1. The highest BCUT2D eigenvalue weighted by Crippen LogP contribution is 2.28. The van der Waals surface area contributed by atoms with Crippen LogP contribution in [0.15, 0.2) is 116 Å². The van der Waals surface area contributed by atoms with E-state index in [-0.39, 0.29) is 37.4 Å². The maximum Gasteiger partial charge on any atom is 0.246 e. The summed E-state index contributed by atoms with van der Waals surface area (Å²) in [4.78, 5) is 84.2. The number of piperidine rings is 1. The van der Waals surface area contributed by atoms with Crippen molar-refractivity contribution in [3.8, 4) is 0 Å². The molecule has 4 aromatic carbocycles. The second-order valence-corrected chi connectivity index (χ2v) is 16.1. The fourth-order valence-corrected chi connectivity index (χ4v) is 7.69. The lowest BCUT2D eigenvalue weighted by molar-refractivity contribution is -0.138. The molecule has 0 spiro atoms. The Morgan fingerprint density at radius 1 is 0.683 bits per heavy atom. The molecule has 0 aromatic heterocycles. The third-order valence-electron chi connectivity index (χ3n) is 11.2. The van der Waals surface area contributed by atoms with Crippen LogP contribution in [0.3, 0.4) is 0 Å². The predicted molar refractivity (Wildman–Crippen MR) is 245 cm³/mol. The summed E-state index contributed by atoms with van der Waals surface area (Å²) >= 11 is 0. The number of para-hydroxylation sites is 1. The van der Waals surface area contributed by atoms with E-state index >= 15 is 0 Å².